The van der Waals surface area contributed by atoms with E-state index in [0.717, 1.165) is 6.29 Å². The normalized spacial score (nSPS) is 14.7. The van der Waals surface area contributed by atoms with E-state index in [1.807, 2.05) is 0 Å². The number of hydrogen-bond donors (Lipinski definition) is 2. The number of alkyl halides is 3. The number of aldehydes is 1. The van der Waals surface area contributed by atoms with Gasteiger partial charge in [0.2, 0.25) is 0 Å². The SMILES string of the molecule is O=CCCNP(=O)(NCCCl)N(CCCl)CCCl. The van der Waals surface area contributed by atoms with Crippen LogP contribution in [0.25, 0.3) is 0 Å². The lowest BCUT2D eigenvalue weighted by Crippen LogP contribution is -2.39. The Bertz CT molecular complexity index is 265. The molecule has 0 aliphatic heterocycles. The second-order valence-corrected chi connectivity index (χ2v) is 6.85. The summed E-state index contributed by atoms with van der Waals surface area (Å²) in [4.78, 5) is 10.3. The van der Waals surface area contributed by atoms with Crippen molar-refractivity contribution in [3.63, 3.8) is 0 Å². The van der Waals surface area contributed by atoms with E-state index in [4.69, 9.17) is 34.8 Å². The summed E-state index contributed by atoms with van der Waals surface area (Å²) in [5.41, 5.74) is 0. The molecule has 0 aromatic carbocycles. The molecular formula is C9H19Cl3N3O2P. The van der Waals surface area contributed by atoms with Crippen molar-refractivity contribution >= 4 is 48.7 Å². The third kappa shape index (κ3) is 7.29. The molecule has 1 atom stereocenters. The number of halogens is 3. The summed E-state index contributed by atoms with van der Waals surface area (Å²) in [6, 6.07) is 0. The molecule has 0 saturated heterocycles. The van der Waals surface area contributed by atoms with Crippen molar-refractivity contribution in [3.05, 3.63) is 0 Å². The molecule has 0 fully saturated rings. The maximum Gasteiger partial charge on any atom is 0.281 e. The lowest BCUT2D eigenvalue weighted by atomic mass is 10.5. The molecule has 2 N–H and O–H groups in total. The molecule has 5 nitrogen and oxygen atoms in total. The smallest absolute Gasteiger partial charge is 0.281 e. The number of hydrogen-bond acceptors (Lipinski definition) is 2. The molecule has 0 aromatic heterocycles. The average molecular weight is 339 g/mol. The minimum atomic E-state index is -2.99. The lowest BCUT2D eigenvalue weighted by Gasteiger charge is -2.31. The zero-order valence-electron chi connectivity index (χ0n) is 10.1. The Labute approximate surface area is 123 Å². The van der Waals surface area contributed by atoms with E-state index in [0.29, 0.717) is 50.2 Å². The van der Waals surface area contributed by atoms with Gasteiger partial charge in [0.05, 0.1) is 0 Å². The number of carbonyl (C=O) groups is 1. The Balaban J connectivity index is 4.65. The third-order valence-corrected chi connectivity index (χ3v) is 5.12. The number of nitrogens with one attached hydrogen (secondary N) is 2. The number of rotatable bonds is 12. The quantitative estimate of drug-likeness (QED) is 0.246. The molecular weight excluding hydrogens is 319 g/mol. The lowest BCUT2D eigenvalue weighted by molar-refractivity contribution is -0.107. The van der Waals surface area contributed by atoms with Crippen LogP contribution in [-0.4, -0.2) is 54.8 Å². The zero-order valence-corrected chi connectivity index (χ0v) is 13.2. The molecule has 0 rings (SSSR count). The first-order valence-electron chi connectivity index (χ1n) is 5.62. The van der Waals surface area contributed by atoms with Crippen LogP contribution < -0.4 is 10.2 Å². The molecule has 0 spiro atoms. The van der Waals surface area contributed by atoms with Gasteiger partial charge in [-0.25, -0.2) is 14.8 Å². The van der Waals surface area contributed by atoms with Crippen molar-refractivity contribution in [3.8, 4) is 0 Å². The van der Waals surface area contributed by atoms with Crippen molar-refractivity contribution in [1.82, 2.24) is 14.8 Å². The van der Waals surface area contributed by atoms with Crippen LogP contribution in [0.5, 0.6) is 0 Å². The summed E-state index contributed by atoms with van der Waals surface area (Å²) in [5, 5.41) is 5.74. The van der Waals surface area contributed by atoms with E-state index in [-0.39, 0.29) is 0 Å². The largest absolute Gasteiger partial charge is 0.303 e. The maximum absolute atomic E-state index is 12.7. The molecule has 0 bridgehead atoms. The van der Waals surface area contributed by atoms with Gasteiger partial charge in [-0.05, 0) is 0 Å². The van der Waals surface area contributed by atoms with Gasteiger partial charge in [-0.1, -0.05) is 0 Å². The molecule has 0 amide bonds. The van der Waals surface area contributed by atoms with Gasteiger partial charge in [0.25, 0.3) is 7.59 Å². The van der Waals surface area contributed by atoms with Crippen molar-refractivity contribution < 1.29 is 9.36 Å². The molecule has 0 aliphatic rings. The van der Waals surface area contributed by atoms with E-state index in [1.54, 1.807) is 4.67 Å². The summed E-state index contributed by atoms with van der Waals surface area (Å²) in [5.74, 6) is 1.03. The van der Waals surface area contributed by atoms with Crippen LogP contribution in [-0.2, 0) is 9.36 Å². The first-order chi connectivity index (χ1) is 8.64. The van der Waals surface area contributed by atoms with Crippen molar-refractivity contribution in [2.45, 2.75) is 6.42 Å². The van der Waals surface area contributed by atoms with E-state index in [1.165, 1.54) is 0 Å². The standard InChI is InChI=1S/C9H19Cl3N3O2P/c10-2-6-14-18(17,13-5-1-9-16)15(7-3-11)8-4-12/h9H,1-8H2,(H2,13,14,17). The minimum absolute atomic E-state index is 0.294. The predicted octanol–water partition coefficient (Wildman–Crippen LogP) is 1.88. The molecule has 9 heteroatoms. The van der Waals surface area contributed by atoms with Gasteiger partial charge in [0.15, 0.2) is 0 Å². The fourth-order valence-electron chi connectivity index (χ4n) is 1.31. The topological polar surface area (TPSA) is 61.4 Å². The predicted molar refractivity (Wildman–Crippen MR) is 78.0 cm³/mol. The van der Waals surface area contributed by atoms with Crippen LogP contribution in [0.15, 0.2) is 0 Å². The van der Waals surface area contributed by atoms with Gasteiger partial charge in [-0.15, -0.1) is 34.8 Å². The first-order valence-corrected chi connectivity index (χ1v) is 8.88. The minimum Gasteiger partial charge on any atom is -0.303 e. The van der Waals surface area contributed by atoms with Gasteiger partial charge in [-0.2, -0.15) is 0 Å². The summed E-state index contributed by atoms with van der Waals surface area (Å²) >= 11 is 17.0. The van der Waals surface area contributed by atoms with Gasteiger partial charge in [-0.3, -0.25) is 4.57 Å². The second-order valence-electron chi connectivity index (χ2n) is 3.37. The summed E-state index contributed by atoms with van der Waals surface area (Å²) in [6.07, 6.45) is 1.06. The van der Waals surface area contributed by atoms with E-state index in [2.05, 4.69) is 10.2 Å². The summed E-state index contributed by atoms with van der Waals surface area (Å²) in [6.45, 7) is 1.61. The molecule has 0 aliphatic carbocycles. The fraction of sp³-hybridized carbons (Fsp3) is 0.889. The zero-order chi connectivity index (χ0) is 13.9. The highest BCUT2D eigenvalue weighted by atomic mass is 35.5. The highest BCUT2D eigenvalue weighted by molar-refractivity contribution is 7.57. The van der Waals surface area contributed by atoms with Crippen LogP contribution in [0, 0.1) is 0 Å². The Morgan fingerprint density at radius 2 is 1.56 bits per heavy atom. The van der Waals surface area contributed by atoms with E-state index >= 15 is 0 Å². The van der Waals surface area contributed by atoms with Gasteiger partial charge >= 0.3 is 0 Å². The van der Waals surface area contributed by atoms with E-state index in [9.17, 15) is 9.36 Å². The highest BCUT2D eigenvalue weighted by Crippen LogP contribution is 2.40. The molecule has 0 aromatic rings. The highest BCUT2D eigenvalue weighted by Gasteiger charge is 2.28. The maximum atomic E-state index is 12.7. The van der Waals surface area contributed by atoms with Crippen LogP contribution in [0.3, 0.4) is 0 Å². The second kappa shape index (κ2) is 11.5. The Morgan fingerprint density at radius 1 is 1.00 bits per heavy atom. The van der Waals surface area contributed by atoms with Crippen LogP contribution in [0.1, 0.15) is 6.42 Å². The van der Waals surface area contributed by atoms with E-state index < -0.39 is 7.59 Å². The van der Waals surface area contributed by atoms with Gasteiger partial charge in [0.1, 0.15) is 6.29 Å². The van der Waals surface area contributed by atoms with Crippen LogP contribution in [0.2, 0.25) is 0 Å². The molecule has 0 heterocycles. The van der Waals surface area contributed by atoms with Crippen LogP contribution in [0.4, 0.5) is 0 Å². The van der Waals surface area contributed by atoms with Crippen molar-refractivity contribution in [2.24, 2.45) is 0 Å². The molecule has 1 unspecified atom stereocenters. The Kier molecular flexibility index (Phi) is 11.9. The monoisotopic (exact) mass is 337 g/mol. The number of carbonyl (C=O) groups excluding carboxylic acids is 1. The molecule has 18 heavy (non-hydrogen) atoms. The van der Waals surface area contributed by atoms with Crippen molar-refractivity contribution in [2.75, 3.05) is 43.8 Å². The first kappa shape index (κ1) is 18.7. The summed E-state index contributed by atoms with van der Waals surface area (Å²) < 4.78 is 14.4. The average Bonchev–Trinajstić information content (AvgIpc) is 2.36. The van der Waals surface area contributed by atoms with Gasteiger partial charge < -0.3 is 4.79 Å². The Morgan fingerprint density at radius 3 is 2.00 bits per heavy atom. The van der Waals surface area contributed by atoms with Crippen LogP contribution >= 0.6 is 42.4 Å². The third-order valence-electron chi connectivity index (χ3n) is 2.09. The molecule has 0 saturated carbocycles. The summed E-state index contributed by atoms with van der Waals surface area (Å²) in [7, 11) is -2.99. The molecule has 108 valence electrons. The molecule has 0 radical (unpaired) electrons. The van der Waals surface area contributed by atoms with Gasteiger partial charge in [0, 0.05) is 50.2 Å². The number of nitrogens with zero attached hydrogens (tertiary/aromatic N) is 1. The van der Waals surface area contributed by atoms with Crippen molar-refractivity contribution in [1.29, 1.82) is 0 Å². The fourth-order valence-corrected chi connectivity index (χ4v) is 4.31. The Hall–Kier alpha value is 0.650.